The van der Waals surface area contributed by atoms with Crippen LogP contribution < -0.4 is 0 Å². The number of halogens is 1. The van der Waals surface area contributed by atoms with Crippen molar-refractivity contribution in [2.75, 3.05) is 7.11 Å². The number of hydrogen-bond acceptors (Lipinski definition) is 5. The molecule has 0 saturated heterocycles. The van der Waals surface area contributed by atoms with Gasteiger partial charge in [0.2, 0.25) is 0 Å². The first kappa shape index (κ1) is 20.5. The number of rotatable bonds is 4. The number of hydrogen-bond donors (Lipinski definition) is 0. The SMILES string of the molecule is COC(=O)CC[C@@H]1N=C(C2=CC=CCC(C)=N2)c2cc(Br)ccc2-n2c(C)cnc21. The number of esters is 1. The molecule has 30 heavy (non-hydrogen) atoms. The van der Waals surface area contributed by atoms with E-state index in [0.29, 0.717) is 6.42 Å². The Balaban J connectivity index is 1.93. The van der Waals surface area contributed by atoms with Gasteiger partial charge in [-0.25, -0.2) is 4.98 Å². The number of aryl methyl sites for hydroxylation is 1. The van der Waals surface area contributed by atoms with Crippen molar-refractivity contribution in [3.63, 3.8) is 0 Å². The summed E-state index contributed by atoms with van der Waals surface area (Å²) in [5.74, 6) is 0.567. The maximum Gasteiger partial charge on any atom is 0.305 e. The van der Waals surface area contributed by atoms with E-state index >= 15 is 0 Å². The van der Waals surface area contributed by atoms with Gasteiger partial charge in [0.1, 0.15) is 11.9 Å². The Labute approximate surface area is 184 Å². The van der Waals surface area contributed by atoms with Crippen LogP contribution in [-0.4, -0.2) is 34.1 Å². The van der Waals surface area contributed by atoms with E-state index in [9.17, 15) is 4.79 Å². The van der Waals surface area contributed by atoms with Crippen LogP contribution in [0.25, 0.3) is 5.69 Å². The summed E-state index contributed by atoms with van der Waals surface area (Å²) in [5.41, 5.74) is 5.64. The quantitative estimate of drug-likeness (QED) is 0.592. The first-order valence-electron chi connectivity index (χ1n) is 9.88. The molecular weight excluding hydrogens is 444 g/mol. The Kier molecular flexibility index (Phi) is 5.81. The monoisotopic (exact) mass is 466 g/mol. The highest BCUT2D eigenvalue weighted by Crippen LogP contribution is 2.35. The number of imidazole rings is 1. The molecule has 2 aliphatic rings. The van der Waals surface area contributed by atoms with E-state index in [1.807, 2.05) is 38.3 Å². The minimum absolute atomic E-state index is 0.253. The van der Waals surface area contributed by atoms with Crippen molar-refractivity contribution in [1.82, 2.24) is 9.55 Å². The summed E-state index contributed by atoms with van der Waals surface area (Å²) in [6.07, 6.45) is 9.55. The molecule has 7 heteroatoms. The predicted octanol–water partition coefficient (Wildman–Crippen LogP) is 5.04. The van der Waals surface area contributed by atoms with Crippen molar-refractivity contribution in [2.24, 2.45) is 9.98 Å². The highest BCUT2D eigenvalue weighted by molar-refractivity contribution is 9.10. The average molecular weight is 467 g/mol. The fourth-order valence-corrected chi connectivity index (χ4v) is 4.11. The molecule has 154 valence electrons. The number of aromatic nitrogens is 2. The van der Waals surface area contributed by atoms with Crippen molar-refractivity contribution in [1.29, 1.82) is 0 Å². The van der Waals surface area contributed by atoms with Gasteiger partial charge in [0.15, 0.2) is 0 Å². The second-order valence-corrected chi connectivity index (χ2v) is 8.31. The zero-order chi connectivity index (χ0) is 21.3. The zero-order valence-electron chi connectivity index (χ0n) is 17.2. The summed E-state index contributed by atoms with van der Waals surface area (Å²) in [6.45, 7) is 4.05. The van der Waals surface area contributed by atoms with Crippen LogP contribution in [0.3, 0.4) is 0 Å². The maximum absolute atomic E-state index is 11.8. The van der Waals surface area contributed by atoms with Crippen molar-refractivity contribution < 1.29 is 9.53 Å². The summed E-state index contributed by atoms with van der Waals surface area (Å²) in [4.78, 5) is 26.5. The van der Waals surface area contributed by atoms with Gasteiger partial charge in [-0.3, -0.25) is 19.3 Å². The molecular formula is C23H23BrN4O2. The second kappa shape index (κ2) is 8.52. The third-order valence-electron chi connectivity index (χ3n) is 5.21. The highest BCUT2D eigenvalue weighted by atomic mass is 79.9. The zero-order valence-corrected chi connectivity index (χ0v) is 18.8. The number of ether oxygens (including phenoxy) is 1. The van der Waals surface area contributed by atoms with Crippen LogP contribution in [0.2, 0.25) is 0 Å². The number of carbonyl (C=O) groups is 1. The molecule has 2 aliphatic heterocycles. The van der Waals surface area contributed by atoms with Gasteiger partial charge >= 0.3 is 5.97 Å². The van der Waals surface area contributed by atoms with Gasteiger partial charge in [0, 0.05) is 40.5 Å². The van der Waals surface area contributed by atoms with E-state index in [2.05, 4.69) is 43.7 Å². The summed E-state index contributed by atoms with van der Waals surface area (Å²) in [6, 6.07) is 5.87. The number of nitrogens with zero attached hydrogens (tertiary/aromatic N) is 4. The van der Waals surface area contributed by atoms with Gasteiger partial charge in [-0.2, -0.15) is 0 Å². The molecule has 0 N–H and O–H groups in total. The third kappa shape index (κ3) is 3.94. The minimum atomic E-state index is -0.289. The molecule has 4 rings (SSSR count). The number of carbonyl (C=O) groups excluding carboxylic acids is 1. The molecule has 1 aromatic heterocycles. The van der Waals surface area contributed by atoms with Crippen molar-refractivity contribution in [2.45, 2.75) is 39.2 Å². The summed E-state index contributed by atoms with van der Waals surface area (Å²) >= 11 is 3.61. The van der Waals surface area contributed by atoms with Crippen LogP contribution in [0.4, 0.5) is 0 Å². The molecule has 0 unspecified atom stereocenters. The van der Waals surface area contributed by atoms with Crippen molar-refractivity contribution in [3.05, 3.63) is 69.9 Å². The molecule has 0 saturated carbocycles. The van der Waals surface area contributed by atoms with Gasteiger partial charge in [-0.05, 0) is 44.5 Å². The van der Waals surface area contributed by atoms with Crippen LogP contribution in [0.1, 0.15) is 49.3 Å². The summed E-state index contributed by atoms with van der Waals surface area (Å²) in [5, 5.41) is 0. The number of fused-ring (bicyclic) bond motifs is 3. The number of aliphatic imine (C=N–C) groups is 2. The highest BCUT2D eigenvalue weighted by Gasteiger charge is 2.28. The predicted molar refractivity (Wildman–Crippen MR) is 121 cm³/mol. The van der Waals surface area contributed by atoms with Gasteiger partial charge in [0.05, 0.1) is 24.2 Å². The van der Waals surface area contributed by atoms with Gasteiger partial charge in [0.25, 0.3) is 0 Å². The van der Waals surface area contributed by atoms with E-state index in [1.165, 1.54) is 7.11 Å². The maximum atomic E-state index is 11.8. The minimum Gasteiger partial charge on any atom is -0.469 e. The Bertz CT molecular complexity index is 1120. The Morgan fingerprint density at radius 3 is 2.97 bits per heavy atom. The molecule has 3 heterocycles. The average Bonchev–Trinajstić information content (AvgIpc) is 2.90. The standard InChI is InChI=1S/C23H23BrN4O2/c1-14-6-4-5-7-18(26-14)22-17-12-16(24)8-10-20(17)28-15(2)13-25-23(28)19(27-22)9-11-21(29)30-3/h4-5,7-8,10,12-13,19H,6,9,11H2,1-3H3/t19-/m0/s1. The number of allylic oxidation sites excluding steroid dienone is 4. The first-order valence-corrected chi connectivity index (χ1v) is 10.7. The lowest BCUT2D eigenvalue weighted by atomic mass is 10.0. The largest absolute Gasteiger partial charge is 0.469 e. The van der Waals surface area contributed by atoms with Crippen LogP contribution in [0, 0.1) is 6.92 Å². The molecule has 0 fully saturated rings. The molecule has 0 radical (unpaired) electrons. The molecule has 0 bridgehead atoms. The molecule has 0 aliphatic carbocycles. The third-order valence-corrected chi connectivity index (χ3v) is 5.70. The van der Waals surface area contributed by atoms with E-state index in [1.54, 1.807) is 0 Å². The van der Waals surface area contributed by atoms with Gasteiger partial charge in [-0.15, -0.1) is 0 Å². The fourth-order valence-electron chi connectivity index (χ4n) is 3.75. The van der Waals surface area contributed by atoms with Gasteiger partial charge in [-0.1, -0.05) is 28.1 Å². The first-order chi connectivity index (χ1) is 14.5. The lowest BCUT2D eigenvalue weighted by Gasteiger charge is -2.14. The van der Waals surface area contributed by atoms with E-state index < -0.39 is 0 Å². The van der Waals surface area contributed by atoms with Crippen molar-refractivity contribution >= 4 is 33.3 Å². The smallest absolute Gasteiger partial charge is 0.305 e. The molecule has 0 amide bonds. The van der Waals surface area contributed by atoms with Crippen LogP contribution in [-0.2, 0) is 9.53 Å². The van der Waals surface area contributed by atoms with Gasteiger partial charge < -0.3 is 4.74 Å². The Hall–Kier alpha value is -2.80. The van der Waals surface area contributed by atoms with E-state index in [-0.39, 0.29) is 18.4 Å². The van der Waals surface area contributed by atoms with Crippen molar-refractivity contribution in [3.8, 4) is 5.69 Å². The fraction of sp³-hybridized carbons (Fsp3) is 0.304. The molecule has 1 aromatic carbocycles. The Morgan fingerprint density at radius 2 is 2.17 bits per heavy atom. The van der Waals surface area contributed by atoms with Crippen LogP contribution in [0.5, 0.6) is 0 Å². The molecule has 2 aromatic rings. The van der Waals surface area contributed by atoms with Crippen LogP contribution in [0.15, 0.2) is 62.8 Å². The van der Waals surface area contributed by atoms with E-state index in [4.69, 9.17) is 14.7 Å². The number of methoxy groups -OCH3 is 1. The topological polar surface area (TPSA) is 68.8 Å². The lowest BCUT2D eigenvalue weighted by molar-refractivity contribution is -0.140. The summed E-state index contributed by atoms with van der Waals surface area (Å²) in [7, 11) is 1.41. The second-order valence-electron chi connectivity index (χ2n) is 7.39. The Morgan fingerprint density at radius 1 is 1.33 bits per heavy atom. The molecule has 6 nitrogen and oxygen atoms in total. The normalized spacial score (nSPS) is 17.7. The summed E-state index contributed by atoms with van der Waals surface area (Å²) < 4.78 is 7.95. The number of benzene rings is 1. The van der Waals surface area contributed by atoms with E-state index in [0.717, 1.165) is 50.8 Å². The molecule has 1 atom stereocenters. The molecule has 0 spiro atoms. The van der Waals surface area contributed by atoms with Crippen LogP contribution >= 0.6 is 15.9 Å². The lowest BCUT2D eigenvalue weighted by Crippen LogP contribution is -2.09.